The van der Waals surface area contributed by atoms with Gasteiger partial charge in [0.25, 0.3) is 0 Å². The standard InChI is InChI=1S/C9H17NO2.ClH/c1-10(2)8-5-3-4-7(6-8)9(11)12;/h7-8H,3-6H2,1-2H3,(H,11,12);1H/t7-,8+;/m1./s1. The van der Waals surface area contributed by atoms with Crippen LogP contribution in [0, 0.1) is 5.92 Å². The van der Waals surface area contributed by atoms with Crippen LogP contribution in [0.1, 0.15) is 25.7 Å². The van der Waals surface area contributed by atoms with E-state index in [2.05, 4.69) is 4.90 Å². The maximum absolute atomic E-state index is 10.7. The number of hydrogen-bond acceptors (Lipinski definition) is 2. The van der Waals surface area contributed by atoms with Crippen molar-refractivity contribution in [1.29, 1.82) is 0 Å². The van der Waals surface area contributed by atoms with E-state index < -0.39 is 5.97 Å². The Morgan fingerprint density at radius 1 is 1.38 bits per heavy atom. The summed E-state index contributed by atoms with van der Waals surface area (Å²) in [6.45, 7) is 0. The molecule has 0 spiro atoms. The molecule has 0 bridgehead atoms. The van der Waals surface area contributed by atoms with E-state index in [1.54, 1.807) is 0 Å². The summed E-state index contributed by atoms with van der Waals surface area (Å²) in [6, 6.07) is 0.472. The number of hydrogen-bond donors (Lipinski definition) is 1. The summed E-state index contributed by atoms with van der Waals surface area (Å²) in [5.74, 6) is -0.729. The second-order valence-electron chi connectivity index (χ2n) is 3.82. The zero-order valence-corrected chi connectivity index (χ0v) is 9.01. The molecule has 0 unspecified atom stereocenters. The Morgan fingerprint density at radius 3 is 2.46 bits per heavy atom. The molecule has 0 saturated heterocycles. The normalized spacial score (nSPS) is 28.2. The van der Waals surface area contributed by atoms with Gasteiger partial charge in [-0.3, -0.25) is 4.79 Å². The molecule has 1 saturated carbocycles. The third-order valence-electron chi connectivity index (χ3n) is 2.73. The van der Waals surface area contributed by atoms with Crippen molar-refractivity contribution >= 4 is 18.4 Å². The minimum Gasteiger partial charge on any atom is -0.481 e. The second kappa shape index (κ2) is 5.45. The summed E-state index contributed by atoms with van der Waals surface area (Å²) in [6.07, 6.45) is 3.89. The molecule has 4 heteroatoms. The minimum atomic E-state index is -0.624. The predicted molar refractivity (Wildman–Crippen MR) is 54.3 cm³/mol. The van der Waals surface area contributed by atoms with E-state index in [1.165, 1.54) is 0 Å². The second-order valence-corrected chi connectivity index (χ2v) is 3.82. The van der Waals surface area contributed by atoms with Crippen molar-refractivity contribution < 1.29 is 9.90 Å². The molecule has 2 atom stereocenters. The molecule has 0 aliphatic heterocycles. The fraction of sp³-hybridized carbons (Fsp3) is 0.889. The van der Waals surface area contributed by atoms with Crippen LogP contribution in [0.15, 0.2) is 0 Å². The summed E-state index contributed by atoms with van der Waals surface area (Å²) in [5, 5.41) is 8.82. The van der Waals surface area contributed by atoms with E-state index in [0.717, 1.165) is 25.7 Å². The Morgan fingerprint density at radius 2 is 2.00 bits per heavy atom. The van der Waals surface area contributed by atoms with Crippen LogP contribution in [-0.4, -0.2) is 36.1 Å². The Bertz CT molecular complexity index is 173. The van der Waals surface area contributed by atoms with Gasteiger partial charge in [-0.15, -0.1) is 12.4 Å². The molecular formula is C9H18ClNO2. The third kappa shape index (κ3) is 3.53. The first kappa shape index (κ1) is 12.7. The molecule has 1 rings (SSSR count). The third-order valence-corrected chi connectivity index (χ3v) is 2.73. The highest BCUT2D eigenvalue weighted by Gasteiger charge is 2.27. The van der Waals surface area contributed by atoms with Crippen molar-refractivity contribution in [2.45, 2.75) is 31.7 Å². The van der Waals surface area contributed by atoms with Crippen molar-refractivity contribution in [2.24, 2.45) is 5.92 Å². The smallest absolute Gasteiger partial charge is 0.306 e. The Balaban J connectivity index is 0.00000144. The number of halogens is 1. The number of nitrogens with zero attached hydrogens (tertiary/aromatic N) is 1. The monoisotopic (exact) mass is 207 g/mol. The van der Waals surface area contributed by atoms with Crippen LogP contribution in [-0.2, 0) is 4.79 Å². The average Bonchev–Trinajstić information content (AvgIpc) is 2.04. The van der Waals surface area contributed by atoms with Crippen LogP contribution in [0.3, 0.4) is 0 Å². The van der Waals surface area contributed by atoms with Crippen molar-refractivity contribution in [3.8, 4) is 0 Å². The first-order valence-electron chi connectivity index (χ1n) is 4.50. The lowest BCUT2D eigenvalue weighted by molar-refractivity contribution is -0.143. The van der Waals surface area contributed by atoms with Gasteiger partial charge in [0, 0.05) is 6.04 Å². The molecule has 78 valence electrons. The fourth-order valence-corrected chi connectivity index (χ4v) is 1.86. The van der Waals surface area contributed by atoms with E-state index in [4.69, 9.17) is 5.11 Å². The molecule has 0 heterocycles. The lowest BCUT2D eigenvalue weighted by atomic mass is 9.85. The van der Waals surface area contributed by atoms with Gasteiger partial charge in [0.1, 0.15) is 0 Å². The summed E-state index contributed by atoms with van der Waals surface area (Å²) < 4.78 is 0. The topological polar surface area (TPSA) is 40.5 Å². The van der Waals surface area contributed by atoms with Crippen molar-refractivity contribution in [3.05, 3.63) is 0 Å². The van der Waals surface area contributed by atoms with Crippen LogP contribution in [0.2, 0.25) is 0 Å². The zero-order chi connectivity index (χ0) is 9.14. The number of carboxylic acids is 1. The lowest BCUT2D eigenvalue weighted by Gasteiger charge is -2.31. The van der Waals surface area contributed by atoms with Crippen LogP contribution in [0.5, 0.6) is 0 Å². The van der Waals surface area contributed by atoms with Crippen molar-refractivity contribution in [3.63, 3.8) is 0 Å². The first-order valence-corrected chi connectivity index (χ1v) is 4.50. The van der Waals surface area contributed by atoms with E-state index in [9.17, 15) is 4.79 Å². The van der Waals surface area contributed by atoms with Crippen molar-refractivity contribution in [1.82, 2.24) is 4.90 Å². The minimum absolute atomic E-state index is 0. The summed E-state index contributed by atoms with van der Waals surface area (Å²) in [5.41, 5.74) is 0. The molecule has 0 aromatic carbocycles. The molecule has 0 aromatic rings. The highest BCUT2D eigenvalue weighted by molar-refractivity contribution is 5.85. The van der Waals surface area contributed by atoms with Crippen LogP contribution in [0.25, 0.3) is 0 Å². The summed E-state index contributed by atoms with van der Waals surface area (Å²) in [7, 11) is 4.05. The molecule has 1 N–H and O–H groups in total. The molecule has 0 radical (unpaired) electrons. The molecule has 0 amide bonds. The Labute approximate surface area is 85.5 Å². The van der Waals surface area contributed by atoms with Crippen LogP contribution in [0.4, 0.5) is 0 Å². The maximum Gasteiger partial charge on any atom is 0.306 e. The molecule has 3 nitrogen and oxygen atoms in total. The number of carboxylic acid groups (broad SMARTS) is 1. The Hall–Kier alpha value is -0.280. The highest BCUT2D eigenvalue weighted by Crippen LogP contribution is 2.26. The van der Waals surface area contributed by atoms with E-state index in [0.29, 0.717) is 6.04 Å². The van der Waals surface area contributed by atoms with Gasteiger partial charge in [-0.1, -0.05) is 6.42 Å². The van der Waals surface area contributed by atoms with Gasteiger partial charge in [0.15, 0.2) is 0 Å². The maximum atomic E-state index is 10.7. The molecule has 13 heavy (non-hydrogen) atoms. The first-order chi connectivity index (χ1) is 5.61. The number of rotatable bonds is 2. The highest BCUT2D eigenvalue weighted by atomic mass is 35.5. The van der Waals surface area contributed by atoms with Gasteiger partial charge in [-0.25, -0.2) is 0 Å². The van der Waals surface area contributed by atoms with E-state index >= 15 is 0 Å². The van der Waals surface area contributed by atoms with Crippen LogP contribution >= 0.6 is 12.4 Å². The summed E-state index contributed by atoms with van der Waals surface area (Å²) in [4.78, 5) is 12.8. The van der Waals surface area contributed by atoms with Crippen LogP contribution < -0.4 is 0 Å². The average molecular weight is 208 g/mol. The molecule has 0 aromatic heterocycles. The quantitative estimate of drug-likeness (QED) is 0.748. The van der Waals surface area contributed by atoms with Gasteiger partial charge in [-0.2, -0.15) is 0 Å². The molecule has 1 aliphatic rings. The number of carbonyl (C=O) groups is 1. The van der Waals surface area contributed by atoms with E-state index in [1.807, 2.05) is 14.1 Å². The van der Waals surface area contributed by atoms with E-state index in [-0.39, 0.29) is 18.3 Å². The Kier molecular flexibility index (Phi) is 5.33. The predicted octanol–water partition coefficient (Wildman–Crippen LogP) is 1.61. The zero-order valence-electron chi connectivity index (χ0n) is 8.19. The molecule has 1 fully saturated rings. The molecular weight excluding hydrogens is 190 g/mol. The lowest BCUT2D eigenvalue weighted by Crippen LogP contribution is -2.35. The van der Waals surface area contributed by atoms with Gasteiger partial charge in [-0.05, 0) is 33.4 Å². The summed E-state index contributed by atoms with van der Waals surface area (Å²) >= 11 is 0. The SMILES string of the molecule is CN(C)[C@H]1CCC[C@@H](C(=O)O)C1.Cl. The van der Waals surface area contributed by atoms with Crippen molar-refractivity contribution in [2.75, 3.05) is 14.1 Å². The van der Waals surface area contributed by atoms with Gasteiger partial charge >= 0.3 is 5.97 Å². The van der Waals surface area contributed by atoms with Gasteiger partial charge in [0.2, 0.25) is 0 Å². The van der Waals surface area contributed by atoms with Gasteiger partial charge in [0.05, 0.1) is 5.92 Å². The van der Waals surface area contributed by atoms with Gasteiger partial charge < -0.3 is 10.0 Å². The fourth-order valence-electron chi connectivity index (χ4n) is 1.86. The largest absolute Gasteiger partial charge is 0.481 e. The number of aliphatic carboxylic acids is 1. The molecule has 1 aliphatic carbocycles.